The quantitative estimate of drug-likeness (QED) is 0.426. The van der Waals surface area contributed by atoms with Crippen molar-refractivity contribution < 1.29 is 17.7 Å². The zero-order chi connectivity index (χ0) is 16.9. The molecule has 0 amide bonds. The monoisotopic (exact) mass is 364 g/mol. The standard InChI is InChI=1S/C15H36O4Si3/c1-20(2,3)18-22(6,7)19-21(4,5)13-9-11-16-14-15-10-8-12-17-15/h15H,8-14H2,1-7H3. The van der Waals surface area contributed by atoms with Crippen LogP contribution in [0.1, 0.15) is 19.3 Å². The maximum atomic E-state index is 6.49. The van der Waals surface area contributed by atoms with Crippen LogP contribution >= 0.6 is 0 Å². The molecule has 1 aliphatic heterocycles. The lowest BCUT2D eigenvalue weighted by atomic mass is 10.2. The summed E-state index contributed by atoms with van der Waals surface area (Å²) in [5, 5.41) is 0. The van der Waals surface area contributed by atoms with E-state index in [9.17, 15) is 0 Å². The molecule has 0 aromatic heterocycles. The fourth-order valence-electron chi connectivity index (χ4n) is 3.07. The predicted molar refractivity (Wildman–Crippen MR) is 99.7 cm³/mol. The van der Waals surface area contributed by atoms with Crippen LogP contribution in [0.15, 0.2) is 0 Å². The summed E-state index contributed by atoms with van der Waals surface area (Å²) in [6.07, 6.45) is 3.73. The lowest BCUT2D eigenvalue weighted by Crippen LogP contribution is -2.51. The third kappa shape index (κ3) is 9.59. The summed E-state index contributed by atoms with van der Waals surface area (Å²) in [7, 11) is -5.20. The SMILES string of the molecule is C[Si](C)(C)O[Si](C)(C)O[Si](C)(C)CCCOCC1CCCO1. The first-order chi connectivity index (χ1) is 9.99. The molecule has 0 saturated carbocycles. The van der Waals surface area contributed by atoms with Gasteiger partial charge in [-0.3, -0.25) is 0 Å². The molecular weight excluding hydrogens is 328 g/mol. The lowest BCUT2D eigenvalue weighted by Gasteiger charge is -2.37. The second-order valence-corrected chi connectivity index (χ2v) is 21.0. The molecule has 0 aromatic rings. The maximum absolute atomic E-state index is 6.49. The Balaban J connectivity index is 2.21. The van der Waals surface area contributed by atoms with Crippen LogP contribution in [0.2, 0.25) is 51.9 Å². The van der Waals surface area contributed by atoms with E-state index in [1.807, 2.05) is 0 Å². The van der Waals surface area contributed by atoms with Crippen LogP contribution < -0.4 is 0 Å². The highest BCUT2D eigenvalue weighted by molar-refractivity contribution is 6.87. The zero-order valence-corrected chi connectivity index (χ0v) is 18.7. The van der Waals surface area contributed by atoms with Gasteiger partial charge in [0.15, 0.2) is 16.6 Å². The summed E-state index contributed by atoms with van der Waals surface area (Å²) in [5.41, 5.74) is 0. The second-order valence-electron chi connectivity index (χ2n) is 8.29. The molecule has 0 aliphatic carbocycles. The fraction of sp³-hybridized carbons (Fsp3) is 1.00. The summed E-state index contributed by atoms with van der Waals surface area (Å²) >= 11 is 0. The largest absolute Gasteiger partial charge is 0.437 e. The van der Waals surface area contributed by atoms with Crippen molar-refractivity contribution in [2.75, 3.05) is 19.8 Å². The Bertz CT molecular complexity index is 323. The van der Waals surface area contributed by atoms with Crippen molar-refractivity contribution in [3.05, 3.63) is 0 Å². The Hall–Kier alpha value is 0.491. The van der Waals surface area contributed by atoms with Gasteiger partial charge in [0.05, 0.1) is 12.7 Å². The van der Waals surface area contributed by atoms with Crippen LogP contribution in [0.3, 0.4) is 0 Å². The van der Waals surface area contributed by atoms with Crippen molar-refractivity contribution in [3.63, 3.8) is 0 Å². The van der Waals surface area contributed by atoms with Gasteiger partial charge in [-0.15, -0.1) is 0 Å². The van der Waals surface area contributed by atoms with Gasteiger partial charge in [0, 0.05) is 13.2 Å². The van der Waals surface area contributed by atoms with E-state index in [-0.39, 0.29) is 0 Å². The molecule has 7 heteroatoms. The number of ether oxygens (including phenoxy) is 2. The highest BCUT2D eigenvalue weighted by Crippen LogP contribution is 2.23. The van der Waals surface area contributed by atoms with Crippen molar-refractivity contribution in [2.24, 2.45) is 0 Å². The average Bonchev–Trinajstić information content (AvgIpc) is 2.75. The van der Waals surface area contributed by atoms with Gasteiger partial charge in [0.2, 0.25) is 0 Å². The molecule has 0 N–H and O–H groups in total. The van der Waals surface area contributed by atoms with Crippen LogP contribution in [0.4, 0.5) is 0 Å². The molecule has 0 radical (unpaired) electrons. The molecule has 4 nitrogen and oxygen atoms in total. The van der Waals surface area contributed by atoms with E-state index >= 15 is 0 Å². The first kappa shape index (κ1) is 20.5. The minimum atomic E-state index is -2.00. The van der Waals surface area contributed by atoms with Gasteiger partial charge in [0.1, 0.15) is 0 Å². The van der Waals surface area contributed by atoms with Crippen LogP contribution in [0.25, 0.3) is 0 Å². The molecule has 0 aromatic carbocycles. The van der Waals surface area contributed by atoms with Crippen LogP contribution in [-0.2, 0) is 17.7 Å². The third-order valence-corrected chi connectivity index (χ3v) is 13.6. The Morgan fingerprint density at radius 1 is 1.00 bits per heavy atom. The maximum Gasteiger partial charge on any atom is 0.311 e. The smallest absolute Gasteiger partial charge is 0.311 e. The molecule has 1 unspecified atom stereocenters. The zero-order valence-electron chi connectivity index (χ0n) is 15.7. The minimum absolute atomic E-state index is 0.331. The lowest BCUT2D eigenvalue weighted by molar-refractivity contribution is 0.0173. The van der Waals surface area contributed by atoms with E-state index in [4.69, 9.17) is 17.7 Å². The molecule has 22 heavy (non-hydrogen) atoms. The number of hydrogen-bond acceptors (Lipinski definition) is 4. The van der Waals surface area contributed by atoms with Gasteiger partial charge >= 0.3 is 8.56 Å². The first-order valence-corrected chi connectivity index (χ1v) is 17.9. The highest BCUT2D eigenvalue weighted by atomic mass is 28.5. The van der Waals surface area contributed by atoms with E-state index in [0.717, 1.165) is 38.7 Å². The molecule has 1 aliphatic rings. The molecule has 0 bridgehead atoms. The average molecular weight is 365 g/mol. The van der Waals surface area contributed by atoms with Gasteiger partial charge in [0.25, 0.3) is 0 Å². The van der Waals surface area contributed by atoms with Gasteiger partial charge in [-0.2, -0.15) is 0 Å². The van der Waals surface area contributed by atoms with Gasteiger partial charge in [-0.05, 0) is 71.1 Å². The summed E-state index contributed by atoms with van der Waals surface area (Å²) in [6.45, 7) is 18.2. The molecule has 1 rings (SSSR count). The molecular formula is C15H36O4Si3. The highest BCUT2D eigenvalue weighted by Gasteiger charge is 2.37. The second kappa shape index (κ2) is 8.55. The summed E-state index contributed by atoms with van der Waals surface area (Å²) < 4.78 is 24.1. The van der Waals surface area contributed by atoms with Crippen LogP contribution in [-0.4, -0.2) is 51.1 Å². The van der Waals surface area contributed by atoms with Gasteiger partial charge in [-0.1, -0.05) is 0 Å². The van der Waals surface area contributed by atoms with Crippen LogP contribution in [0, 0.1) is 0 Å². The van der Waals surface area contributed by atoms with E-state index in [2.05, 4.69) is 45.8 Å². The van der Waals surface area contributed by atoms with E-state index in [1.54, 1.807) is 0 Å². The third-order valence-electron chi connectivity index (χ3n) is 3.47. The van der Waals surface area contributed by atoms with E-state index in [0.29, 0.717) is 6.10 Å². The summed E-state index contributed by atoms with van der Waals surface area (Å²) in [5.74, 6) is 0. The summed E-state index contributed by atoms with van der Waals surface area (Å²) in [4.78, 5) is 0. The topological polar surface area (TPSA) is 36.9 Å². The van der Waals surface area contributed by atoms with Crippen molar-refractivity contribution in [2.45, 2.75) is 77.2 Å². The van der Waals surface area contributed by atoms with E-state index < -0.39 is 25.2 Å². The Labute approximate surface area is 140 Å². The molecule has 1 atom stereocenters. The van der Waals surface area contributed by atoms with Gasteiger partial charge in [-0.25, -0.2) is 0 Å². The Morgan fingerprint density at radius 3 is 2.23 bits per heavy atom. The Morgan fingerprint density at radius 2 is 1.68 bits per heavy atom. The molecule has 1 heterocycles. The van der Waals surface area contributed by atoms with E-state index in [1.165, 1.54) is 6.42 Å². The molecule has 1 saturated heterocycles. The normalized spacial score (nSPS) is 20.6. The number of rotatable bonds is 10. The van der Waals surface area contributed by atoms with Crippen molar-refractivity contribution >= 4 is 25.2 Å². The minimum Gasteiger partial charge on any atom is -0.437 e. The van der Waals surface area contributed by atoms with Crippen molar-refractivity contribution in [1.82, 2.24) is 0 Å². The summed E-state index contributed by atoms with van der Waals surface area (Å²) in [6, 6.07) is 1.13. The van der Waals surface area contributed by atoms with Crippen molar-refractivity contribution in [1.29, 1.82) is 0 Å². The fourth-order valence-corrected chi connectivity index (χ4v) is 16.2. The van der Waals surface area contributed by atoms with Gasteiger partial charge < -0.3 is 17.7 Å². The molecule has 132 valence electrons. The Kier molecular flexibility index (Phi) is 7.98. The molecule has 0 spiro atoms. The predicted octanol–water partition coefficient (Wildman–Crippen LogP) is 4.35. The molecule has 1 fully saturated rings. The number of hydrogen-bond donors (Lipinski definition) is 0. The van der Waals surface area contributed by atoms with Crippen molar-refractivity contribution in [3.8, 4) is 0 Å². The van der Waals surface area contributed by atoms with Crippen LogP contribution in [0.5, 0.6) is 0 Å². The first-order valence-electron chi connectivity index (χ1n) is 8.59.